The molecule has 1 fully saturated rings. The van der Waals surface area contributed by atoms with Crippen LogP contribution in [0.2, 0.25) is 0 Å². The van der Waals surface area contributed by atoms with Crippen LogP contribution in [0.1, 0.15) is 71.8 Å². The molecule has 1 saturated carbocycles. The van der Waals surface area contributed by atoms with Gasteiger partial charge in [-0.1, -0.05) is 26.0 Å². The number of amides is 1. The monoisotopic (exact) mass is 346 g/mol. The molecule has 0 heterocycles. The van der Waals surface area contributed by atoms with E-state index in [1.165, 1.54) is 31.2 Å². The van der Waals surface area contributed by atoms with Crippen molar-refractivity contribution in [2.75, 3.05) is 18.4 Å². The van der Waals surface area contributed by atoms with Crippen LogP contribution in [0.4, 0.5) is 10.5 Å². The molecule has 1 aliphatic rings. The van der Waals surface area contributed by atoms with Gasteiger partial charge in [0.2, 0.25) is 0 Å². The summed E-state index contributed by atoms with van der Waals surface area (Å²) < 4.78 is 5.21. The number of hydrogen-bond acceptors (Lipinski definition) is 3. The summed E-state index contributed by atoms with van der Waals surface area (Å²) in [5.74, 6) is 0.705. The smallest absolute Gasteiger partial charge is 0.407 e. The van der Waals surface area contributed by atoms with Gasteiger partial charge in [-0.3, -0.25) is 0 Å². The maximum atomic E-state index is 11.6. The lowest BCUT2D eigenvalue weighted by Gasteiger charge is -2.34. The molecule has 0 spiro atoms. The van der Waals surface area contributed by atoms with Crippen LogP contribution < -0.4 is 10.6 Å². The van der Waals surface area contributed by atoms with Crippen LogP contribution in [0, 0.1) is 5.41 Å². The Morgan fingerprint density at radius 2 is 1.72 bits per heavy atom. The van der Waals surface area contributed by atoms with E-state index in [1.54, 1.807) is 0 Å². The van der Waals surface area contributed by atoms with E-state index in [2.05, 4.69) is 48.7 Å². The van der Waals surface area contributed by atoms with Crippen LogP contribution in [0.25, 0.3) is 0 Å². The number of ether oxygens (including phenoxy) is 1. The minimum atomic E-state index is -0.457. The van der Waals surface area contributed by atoms with Gasteiger partial charge in [-0.2, -0.15) is 0 Å². The summed E-state index contributed by atoms with van der Waals surface area (Å²) in [5, 5.41) is 6.09. The Morgan fingerprint density at radius 3 is 2.28 bits per heavy atom. The van der Waals surface area contributed by atoms with E-state index >= 15 is 0 Å². The highest BCUT2D eigenvalue weighted by atomic mass is 16.6. The fraction of sp³-hybridized carbons (Fsp3) is 0.667. The first kappa shape index (κ1) is 19.6. The van der Waals surface area contributed by atoms with Gasteiger partial charge in [0.05, 0.1) is 0 Å². The van der Waals surface area contributed by atoms with Gasteiger partial charge < -0.3 is 15.4 Å². The first-order valence-electron chi connectivity index (χ1n) is 9.45. The average molecular weight is 347 g/mol. The summed E-state index contributed by atoms with van der Waals surface area (Å²) in [6.07, 6.45) is 4.84. The minimum absolute atomic E-state index is 0.370. The van der Waals surface area contributed by atoms with Crippen molar-refractivity contribution in [3.05, 3.63) is 29.8 Å². The Labute approximate surface area is 152 Å². The fourth-order valence-corrected chi connectivity index (χ4v) is 3.29. The third-order valence-electron chi connectivity index (χ3n) is 4.84. The summed E-state index contributed by atoms with van der Waals surface area (Å²) >= 11 is 0. The van der Waals surface area contributed by atoms with Crippen molar-refractivity contribution in [3.8, 4) is 0 Å². The number of anilines is 1. The van der Waals surface area contributed by atoms with Crippen LogP contribution in [-0.4, -0.2) is 24.8 Å². The molecule has 2 N–H and O–H groups in total. The summed E-state index contributed by atoms with van der Waals surface area (Å²) in [7, 11) is 0. The highest BCUT2D eigenvalue weighted by Crippen LogP contribution is 2.42. The van der Waals surface area contributed by atoms with E-state index in [9.17, 15) is 4.79 Å². The Balaban J connectivity index is 1.71. The second kappa shape index (κ2) is 8.11. The van der Waals surface area contributed by atoms with Gasteiger partial charge in [0.1, 0.15) is 5.60 Å². The zero-order valence-electron chi connectivity index (χ0n) is 16.4. The summed E-state index contributed by atoms with van der Waals surface area (Å²) in [6, 6.07) is 8.77. The van der Waals surface area contributed by atoms with E-state index in [0.29, 0.717) is 24.4 Å². The molecule has 0 unspecified atom stereocenters. The van der Waals surface area contributed by atoms with E-state index in [0.717, 1.165) is 5.69 Å². The molecule has 0 saturated heterocycles. The lowest BCUT2D eigenvalue weighted by molar-refractivity contribution is 0.0530. The van der Waals surface area contributed by atoms with Crippen molar-refractivity contribution in [1.29, 1.82) is 0 Å². The molecule has 0 atom stereocenters. The second-order valence-electron chi connectivity index (χ2n) is 8.92. The van der Waals surface area contributed by atoms with Crippen LogP contribution in [0.5, 0.6) is 0 Å². The summed E-state index contributed by atoms with van der Waals surface area (Å²) in [5.41, 5.74) is 2.60. The molecule has 1 amide bonds. The molecule has 0 aromatic heterocycles. The molecule has 1 aromatic carbocycles. The highest BCUT2D eigenvalue weighted by molar-refractivity contribution is 5.67. The van der Waals surface area contributed by atoms with Gasteiger partial charge in [0, 0.05) is 18.8 Å². The Hall–Kier alpha value is -1.71. The van der Waals surface area contributed by atoms with Crippen LogP contribution in [0.3, 0.4) is 0 Å². The van der Waals surface area contributed by atoms with Gasteiger partial charge in [-0.25, -0.2) is 4.79 Å². The molecular weight excluding hydrogens is 312 g/mol. The normalized spacial score (nSPS) is 17.8. The molecular formula is C21H34N2O2. The molecule has 140 valence electrons. The summed E-state index contributed by atoms with van der Waals surface area (Å²) in [6.45, 7) is 11.5. The molecule has 4 nitrogen and oxygen atoms in total. The first-order valence-corrected chi connectivity index (χ1v) is 9.45. The number of alkyl carbamates (subject to hydrolysis) is 1. The second-order valence-corrected chi connectivity index (χ2v) is 8.92. The summed E-state index contributed by atoms with van der Waals surface area (Å²) in [4.78, 5) is 11.6. The van der Waals surface area contributed by atoms with Gasteiger partial charge in [0.25, 0.3) is 0 Å². The predicted molar refractivity (Wildman–Crippen MR) is 104 cm³/mol. The number of hydrogen-bond donors (Lipinski definition) is 2. The maximum absolute atomic E-state index is 11.6. The zero-order chi connectivity index (χ0) is 18.5. The number of nitrogens with one attached hydrogen (secondary N) is 2. The van der Waals surface area contributed by atoms with E-state index < -0.39 is 5.60 Å². The van der Waals surface area contributed by atoms with Gasteiger partial charge >= 0.3 is 6.09 Å². The van der Waals surface area contributed by atoms with Crippen molar-refractivity contribution in [1.82, 2.24) is 5.32 Å². The maximum Gasteiger partial charge on any atom is 0.407 e. The highest BCUT2D eigenvalue weighted by Gasteiger charge is 2.27. The van der Waals surface area contributed by atoms with E-state index in [-0.39, 0.29) is 6.09 Å². The lowest BCUT2D eigenvalue weighted by atomic mass is 9.71. The molecule has 25 heavy (non-hydrogen) atoms. The number of carbonyl (C=O) groups excluding carboxylic acids is 1. The van der Waals surface area contributed by atoms with Crippen LogP contribution >= 0.6 is 0 Å². The molecule has 1 aromatic rings. The number of carbonyl (C=O) groups is 1. The van der Waals surface area contributed by atoms with Crippen molar-refractivity contribution in [3.63, 3.8) is 0 Å². The SMILES string of the molecule is CC1(C)CCC(c2ccc(NCCNC(=O)OC(C)(C)C)cc2)CC1. The Bertz CT molecular complexity index is 548. The third-order valence-corrected chi connectivity index (χ3v) is 4.84. The largest absolute Gasteiger partial charge is 0.444 e. The minimum Gasteiger partial charge on any atom is -0.444 e. The standard InChI is InChI=1S/C21H34N2O2/c1-20(2,3)25-19(24)23-15-14-22-18-8-6-16(7-9-18)17-10-12-21(4,5)13-11-17/h6-9,17,22H,10-15H2,1-5H3,(H,23,24). The molecule has 1 aliphatic carbocycles. The fourth-order valence-electron chi connectivity index (χ4n) is 3.29. The molecule has 2 rings (SSSR count). The lowest BCUT2D eigenvalue weighted by Crippen LogP contribution is -2.34. The topological polar surface area (TPSA) is 50.4 Å². The van der Waals surface area contributed by atoms with Crippen molar-refractivity contribution in [2.45, 2.75) is 71.8 Å². The van der Waals surface area contributed by atoms with E-state index in [4.69, 9.17) is 4.74 Å². The van der Waals surface area contributed by atoms with Crippen LogP contribution in [-0.2, 0) is 4.74 Å². The number of benzene rings is 1. The van der Waals surface area contributed by atoms with Crippen molar-refractivity contribution < 1.29 is 9.53 Å². The molecule has 4 heteroatoms. The Morgan fingerprint density at radius 1 is 1.12 bits per heavy atom. The quantitative estimate of drug-likeness (QED) is 0.711. The van der Waals surface area contributed by atoms with Crippen molar-refractivity contribution in [2.24, 2.45) is 5.41 Å². The third kappa shape index (κ3) is 6.97. The number of rotatable bonds is 5. The zero-order valence-corrected chi connectivity index (χ0v) is 16.4. The molecule has 0 radical (unpaired) electrons. The predicted octanol–water partition coefficient (Wildman–Crippen LogP) is 5.31. The first-order chi connectivity index (χ1) is 11.6. The average Bonchev–Trinajstić information content (AvgIpc) is 2.51. The van der Waals surface area contributed by atoms with E-state index in [1.807, 2.05) is 20.8 Å². The van der Waals surface area contributed by atoms with Gasteiger partial charge in [0.15, 0.2) is 0 Å². The van der Waals surface area contributed by atoms with Crippen LogP contribution in [0.15, 0.2) is 24.3 Å². The van der Waals surface area contributed by atoms with Gasteiger partial charge in [-0.05, 0) is 75.5 Å². The molecule has 0 bridgehead atoms. The molecule has 0 aliphatic heterocycles. The van der Waals surface area contributed by atoms with Gasteiger partial charge in [-0.15, -0.1) is 0 Å². The Kier molecular flexibility index (Phi) is 6.36. The van der Waals surface area contributed by atoms with Crippen molar-refractivity contribution >= 4 is 11.8 Å².